The third kappa shape index (κ3) is 2.22. The second-order valence-corrected chi connectivity index (χ2v) is 4.47. The quantitative estimate of drug-likeness (QED) is 0.790. The monoisotopic (exact) mass is 273 g/mol. The summed E-state index contributed by atoms with van der Waals surface area (Å²) in [6.07, 6.45) is 3.72. The van der Waals surface area contributed by atoms with Gasteiger partial charge in [-0.2, -0.15) is 0 Å². The fourth-order valence-electron chi connectivity index (χ4n) is 1.91. The molecule has 1 N–H and O–H groups in total. The van der Waals surface area contributed by atoms with Crippen LogP contribution in [0.25, 0.3) is 5.52 Å². The van der Waals surface area contributed by atoms with Gasteiger partial charge in [-0.15, -0.1) is 0 Å². The molecule has 2 heterocycles. The van der Waals surface area contributed by atoms with Crippen molar-refractivity contribution in [3.63, 3.8) is 0 Å². The van der Waals surface area contributed by atoms with E-state index < -0.39 is 0 Å². The maximum Gasteiger partial charge on any atom is 0.156 e. The zero-order valence-electron chi connectivity index (χ0n) is 10.3. The molecule has 96 valence electrons. The fourth-order valence-corrected chi connectivity index (χ4v) is 2.11. The number of rotatable bonds is 3. The number of anilines is 2. The summed E-state index contributed by atoms with van der Waals surface area (Å²) in [5, 5.41) is 3.84. The minimum absolute atomic E-state index is 0.586. The van der Waals surface area contributed by atoms with Crippen LogP contribution in [0.3, 0.4) is 0 Å². The summed E-state index contributed by atoms with van der Waals surface area (Å²) in [5.41, 5.74) is 1.89. The first-order chi connectivity index (χ1) is 9.28. The third-order valence-corrected chi connectivity index (χ3v) is 3.17. The van der Waals surface area contributed by atoms with Crippen molar-refractivity contribution in [2.75, 3.05) is 12.4 Å². The fraction of sp³-hybridized carbons (Fsp3) is 0.0714. The van der Waals surface area contributed by atoms with E-state index in [4.69, 9.17) is 16.3 Å². The minimum atomic E-state index is 0.586. The SMILES string of the molecule is COc1cc(Nc2ncn3ccccc23)ccc1Cl. The van der Waals surface area contributed by atoms with Gasteiger partial charge < -0.3 is 14.5 Å². The maximum absolute atomic E-state index is 6.00. The van der Waals surface area contributed by atoms with Crippen LogP contribution >= 0.6 is 11.6 Å². The molecule has 0 amide bonds. The number of halogens is 1. The van der Waals surface area contributed by atoms with Gasteiger partial charge in [-0.1, -0.05) is 17.7 Å². The van der Waals surface area contributed by atoms with Gasteiger partial charge in [-0.3, -0.25) is 0 Å². The standard InChI is InChI=1S/C14H12ClN3O/c1-19-13-8-10(5-6-11(13)15)17-14-12-4-2-3-7-18(12)9-16-14/h2-9,17H,1H3. The molecule has 0 aliphatic rings. The van der Waals surface area contributed by atoms with Gasteiger partial charge in [0.1, 0.15) is 12.1 Å². The number of fused-ring (bicyclic) bond motifs is 1. The topological polar surface area (TPSA) is 38.6 Å². The summed E-state index contributed by atoms with van der Waals surface area (Å²) in [6, 6.07) is 11.5. The lowest BCUT2D eigenvalue weighted by Crippen LogP contribution is -1.93. The molecule has 0 saturated heterocycles. The number of hydrogen-bond acceptors (Lipinski definition) is 3. The lowest BCUT2D eigenvalue weighted by atomic mass is 10.3. The van der Waals surface area contributed by atoms with Crippen LogP contribution in [0.4, 0.5) is 11.5 Å². The Labute approximate surface area is 115 Å². The van der Waals surface area contributed by atoms with Gasteiger partial charge in [0.2, 0.25) is 0 Å². The van der Waals surface area contributed by atoms with E-state index >= 15 is 0 Å². The molecule has 0 bridgehead atoms. The smallest absolute Gasteiger partial charge is 0.156 e. The van der Waals surface area contributed by atoms with Crippen molar-refractivity contribution in [2.24, 2.45) is 0 Å². The Bertz CT molecular complexity index is 724. The lowest BCUT2D eigenvalue weighted by Gasteiger charge is -2.07. The van der Waals surface area contributed by atoms with E-state index in [1.54, 1.807) is 19.5 Å². The molecule has 0 radical (unpaired) electrons. The number of imidazole rings is 1. The van der Waals surface area contributed by atoms with Crippen LogP contribution in [0.2, 0.25) is 5.02 Å². The summed E-state index contributed by atoms with van der Waals surface area (Å²) in [7, 11) is 1.59. The molecule has 0 fully saturated rings. The van der Waals surface area contributed by atoms with E-state index in [1.807, 2.05) is 40.9 Å². The van der Waals surface area contributed by atoms with Crippen LogP contribution in [0.1, 0.15) is 0 Å². The highest BCUT2D eigenvalue weighted by atomic mass is 35.5. The van der Waals surface area contributed by atoms with E-state index in [9.17, 15) is 0 Å². The van der Waals surface area contributed by atoms with Gasteiger partial charge >= 0.3 is 0 Å². The van der Waals surface area contributed by atoms with Crippen LogP contribution < -0.4 is 10.1 Å². The van der Waals surface area contributed by atoms with Crippen molar-refractivity contribution in [2.45, 2.75) is 0 Å². The molecule has 0 aliphatic heterocycles. The van der Waals surface area contributed by atoms with Crippen molar-refractivity contribution in [3.05, 3.63) is 53.9 Å². The molecule has 19 heavy (non-hydrogen) atoms. The number of nitrogens with one attached hydrogen (secondary N) is 1. The Balaban J connectivity index is 1.97. The number of methoxy groups -OCH3 is 1. The third-order valence-electron chi connectivity index (χ3n) is 2.86. The molecule has 5 heteroatoms. The Morgan fingerprint density at radius 3 is 3.00 bits per heavy atom. The molecule has 3 rings (SSSR count). The Hall–Kier alpha value is -2.20. The van der Waals surface area contributed by atoms with Gasteiger partial charge in [-0.05, 0) is 24.3 Å². The van der Waals surface area contributed by atoms with Crippen molar-refractivity contribution < 1.29 is 4.74 Å². The maximum atomic E-state index is 6.00. The number of hydrogen-bond donors (Lipinski definition) is 1. The molecule has 0 saturated carbocycles. The zero-order valence-corrected chi connectivity index (χ0v) is 11.1. The Morgan fingerprint density at radius 1 is 1.26 bits per heavy atom. The molecule has 0 aliphatic carbocycles. The van der Waals surface area contributed by atoms with Crippen LogP contribution in [0.5, 0.6) is 5.75 Å². The van der Waals surface area contributed by atoms with Crippen LogP contribution in [-0.2, 0) is 0 Å². The first-order valence-electron chi connectivity index (χ1n) is 5.80. The molecule has 0 atom stereocenters. The summed E-state index contributed by atoms with van der Waals surface area (Å²) in [6.45, 7) is 0. The molecule has 1 aromatic carbocycles. The van der Waals surface area contributed by atoms with Crippen molar-refractivity contribution in [1.82, 2.24) is 9.38 Å². The molecule has 4 nitrogen and oxygen atoms in total. The highest BCUT2D eigenvalue weighted by Gasteiger charge is 2.06. The summed E-state index contributed by atoms with van der Waals surface area (Å²) < 4.78 is 7.15. The van der Waals surface area contributed by atoms with Crippen LogP contribution in [-0.4, -0.2) is 16.5 Å². The Morgan fingerprint density at radius 2 is 2.16 bits per heavy atom. The van der Waals surface area contributed by atoms with Gasteiger partial charge in [0, 0.05) is 18.0 Å². The first kappa shape index (κ1) is 11.9. The van der Waals surface area contributed by atoms with E-state index in [1.165, 1.54) is 0 Å². The number of pyridine rings is 1. The van der Waals surface area contributed by atoms with E-state index in [0.29, 0.717) is 10.8 Å². The zero-order chi connectivity index (χ0) is 13.2. The minimum Gasteiger partial charge on any atom is -0.495 e. The molecular weight excluding hydrogens is 262 g/mol. The molecule has 0 unspecified atom stereocenters. The summed E-state index contributed by atoms with van der Waals surface area (Å²) in [4.78, 5) is 4.35. The molecule has 3 aromatic rings. The molecular formula is C14H12ClN3O. The largest absolute Gasteiger partial charge is 0.495 e. The average molecular weight is 274 g/mol. The number of nitrogens with zero attached hydrogens (tertiary/aromatic N) is 2. The second kappa shape index (κ2) is 4.82. The highest BCUT2D eigenvalue weighted by molar-refractivity contribution is 6.32. The highest BCUT2D eigenvalue weighted by Crippen LogP contribution is 2.29. The van der Waals surface area contributed by atoms with E-state index in [-0.39, 0.29) is 0 Å². The number of aromatic nitrogens is 2. The predicted molar refractivity (Wildman–Crippen MR) is 76.5 cm³/mol. The van der Waals surface area contributed by atoms with Crippen molar-refractivity contribution in [3.8, 4) is 5.75 Å². The van der Waals surface area contributed by atoms with Gasteiger partial charge in [0.25, 0.3) is 0 Å². The number of ether oxygens (including phenoxy) is 1. The van der Waals surface area contributed by atoms with Crippen molar-refractivity contribution >= 4 is 28.6 Å². The normalized spacial score (nSPS) is 10.6. The van der Waals surface area contributed by atoms with Crippen LogP contribution in [0, 0.1) is 0 Å². The summed E-state index contributed by atoms with van der Waals surface area (Å²) in [5.74, 6) is 1.43. The van der Waals surface area contributed by atoms with Gasteiger partial charge in [-0.25, -0.2) is 4.98 Å². The molecule has 2 aromatic heterocycles. The van der Waals surface area contributed by atoms with Crippen molar-refractivity contribution in [1.29, 1.82) is 0 Å². The van der Waals surface area contributed by atoms with E-state index in [0.717, 1.165) is 17.0 Å². The average Bonchev–Trinajstić information content (AvgIpc) is 2.84. The lowest BCUT2D eigenvalue weighted by molar-refractivity contribution is 0.415. The second-order valence-electron chi connectivity index (χ2n) is 4.06. The van der Waals surface area contributed by atoms with Crippen LogP contribution in [0.15, 0.2) is 48.9 Å². The molecule has 0 spiro atoms. The first-order valence-corrected chi connectivity index (χ1v) is 6.18. The van der Waals surface area contributed by atoms with E-state index in [2.05, 4.69) is 10.3 Å². The van der Waals surface area contributed by atoms with Gasteiger partial charge in [0.05, 0.1) is 17.6 Å². The Kier molecular flexibility index (Phi) is 3.01. The predicted octanol–water partition coefficient (Wildman–Crippen LogP) is 3.74. The number of benzene rings is 1. The van der Waals surface area contributed by atoms with Gasteiger partial charge in [0.15, 0.2) is 5.82 Å². The summed E-state index contributed by atoms with van der Waals surface area (Å²) >= 11 is 6.00.